The molecule has 0 unspecified atom stereocenters. The number of carbonyl (C=O) groups is 1. The Morgan fingerprint density at radius 2 is 1.62 bits per heavy atom. The molecule has 0 amide bonds. The van der Waals surface area contributed by atoms with Gasteiger partial charge in [-0.2, -0.15) is 4.31 Å². The van der Waals surface area contributed by atoms with Crippen molar-refractivity contribution in [1.29, 1.82) is 0 Å². The van der Waals surface area contributed by atoms with E-state index in [1.807, 2.05) is 50.2 Å². The molecular weight excluding hydrogens is 422 g/mol. The molecule has 0 radical (unpaired) electrons. The predicted octanol–water partition coefficient (Wildman–Crippen LogP) is 4.65. The second-order valence-electron chi connectivity index (χ2n) is 8.20. The molecule has 3 aromatic carbocycles. The van der Waals surface area contributed by atoms with Crippen LogP contribution in [0.4, 0.5) is 0 Å². The number of hydrogen-bond acceptors (Lipinski definition) is 4. The molecule has 0 N–H and O–H groups in total. The highest BCUT2D eigenvalue weighted by molar-refractivity contribution is 7.89. The first-order valence-corrected chi connectivity index (χ1v) is 12.3. The summed E-state index contributed by atoms with van der Waals surface area (Å²) in [5.74, 6) is -0.176. The summed E-state index contributed by atoms with van der Waals surface area (Å²) in [7, 11) is -3.57. The summed E-state index contributed by atoms with van der Waals surface area (Å²) in [6.07, 6.45) is 0.300. The number of hydrogen-bond donors (Lipinski definition) is 0. The maximum Gasteiger partial charge on any atom is 0.330 e. The van der Waals surface area contributed by atoms with Gasteiger partial charge in [0.25, 0.3) is 0 Å². The van der Waals surface area contributed by atoms with E-state index in [1.54, 1.807) is 13.0 Å². The third-order valence-electron chi connectivity index (χ3n) is 5.97. The summed E-state index contributed by atoms with van der Waals surface area (Å²) in [4.78, 5) is 13.2. The molecular formula is C26H27NO4S. The van der Waals surface area contributed by atoms with E-state index in [2.05, 4.69) is 24.3 Å². The van der Waals surface area contributed by atoms with Crippen molar-refractivity contribution in [2.45, 2.75) is 39.8 Å². The van der Waals surface area contributed by atoms with Gasteiger partial charge in [-0.1, -0.05) is 60.2 Å². The normalized spacial score (nSPS) is 16.4. The number of esters is 1. The zero-order chi connectivity index (χ0) is 22.9. The number of fused-ring (bicyclic) bond motifs is 1. The van der Waals surface area contributed by atoms with Crippen LogP contribution in [-0.2, 0) is 27.8 Å². The number of nitrogens with zero attached hydrogens (tertiary/aromatic N) is 1. The predicted molar refractivity (Wildman–Crippen MR) is 126 cm³/mol. The van der Waals surface area contributed by atoms with Crippen LogP contribution in [0.2, 0.25) is 0 Å². The van der Waals surface area contributed by atoms with Gasteiger partial charge in [0.15, 0.2) is 0 Å². The Bertz CT molecular complexity index is 1250. The van der Waals surface area contributed by atoms with Gasteiger partial charge in [0.1, 0.15) is 11.8 Å². The fraction of sp³-hybridized carbons (Fsp3) is 0.269. The van der Waals surface area contributed by atoms with Crippen LogP contribution in [0.1, 0.15) is 29.2 Å². The van der Waals surface area contributed by atoms with Crippen molar-refractivity contribution >= 4 is 16.0 Å². The van der Waals surface area contributed by atoms with Crippen molar-refractivity contribution in [3.8, 4) is 16.9 Å². The highest BCUT2D eigenvalue weighted by Gasteiger charge is 2.39. The van der Waals surface area contributed by atoms with Crippen LogP contribution >= 0.6 is 0 Å². The number of benzene rings is 3. The summed E-state index contributed by atoms with van der Waals surface area (Å²) >= 11 is 0. The third kappa shape index (κ3) is 4.47. The minimum Gasteiger partial charge on any atom is -0.425 e. The van der Waals surface area contributed by atoms with Crippen molar-refractivity contribution in [3.05, 3.63) is 89.0 Å². The molecule has 4 rings (SSSR count). The summed E-state index contributed by atoms with van der Waals surface area (Å²) in [5.41, 5.74) is 6.02. The Morgan fingerprint density at radius 1 is 0.969 bits per heavy atom. The molecule has 6 heteroatoms. The Labute approximate surface area is 189 Å². The Hall–Kier alpha value is -2.96. The van der Waals surface area contributed by atoms with E-state index in [0.29, 0.717) is 12.2 Å². The van der Waals surface area contributed by atoms with Gasteiger partial charge in [0, 0.05) is 13.0 Å². The maximum atomic E-state index is 13.2. The highest BCUT2D eigenvalue weighted by atomic mass is 32.2. The number of sulfonamides is 1. The van der Waals surface area contributed by atoms with Gasteiger partial charge in [0.05, 0.1) is 5.75 Å². The van der Waals surface area contributed by atoms with Crippen molar-refractivity contribution < 1.29 is 17.9 Å². The Morgan fingerprint density at radius 3 is 2.28 bits per heavy atom. The van der Waals surface area contributed by atoms with Gasteiger partial charge >= 0.3 is 5.97 Å². The van der Waals surface area contributed by atoms with E-state index in [4.69, 9.17) is 4.74 Å². The van der Waals surface area contributed by atoms with E-state index < -0.39 is 22.0 Å². The van der Waals surface area contributed by atoms with Crippen LogP contribution in [-0.4, -0.2) is 30.5 Å². The van der Waals surface area contributed by atoms with Crippen molar-refractivity contribution in [2.75, 3.05) is 5.75 Å². The zero-order valence-corrected chi connectivity index (χ0v) is 19.4. The van der Waals surface area contributed by atoms with Crippen LogP contribution in [0.15, 0.2) is 66.7 Å². The van der Waals surface area contributed by atoms with Gasteiger partial charge in [-0.25, -0.2) is 13.2 Å². The molecule has 3 aromatic rings. The largest absolute Gasteiger partial charge is 0.425 e. The average molecular weight is 450 g/mol. The summed E-state index contributed by atoms with van der Waals surface area (Å²) in [6.45, 7) is 5.70. The van der Waals surface area contributed by atoms with Gasteiger partial charge in [-0.3, -0.25) is 0 Å². The van der Waals surface area contributed by atoms with E-state index >= 15 is 0 Å². The standard InChI is InChI=1S/C26H27NO4S/c1-4-32(29,30)27-17-23-8-6-5-7-21(23)16-24(27)26(28)31-25-14-13-22(15-19(25)3)20-11-9-18(2)10-12-20/h5-15,24H,4,16-17H2,1-3H3/t24-/m1/s1. The van der Waals surface area contributed by atoms with E-state index in [9.17, 15) is 13.2 Å². The fourth-order valence-corrected chi connectivity index (χ4v) is 5.24. The van der Waals surface area contributed by atoms with Crippen LogP contribution < -0.4 is 4.74 Å². The number of carbonyl (C=O) groups excluding carboxylic acids is 1. The molecule has 0 saturated carbocycles. The lowest BCUT2D eigenvalue weighted by molar-refractivity contribution is -0.139. The van der Waals surface area contributed by atoms with Crippen molar-refractivity contribution in [2.24, 2.45) is 0 Å². The topological polar surface area (TPSA) is 63.7 Å². The minimum absolute atomic E-state index is 0.0662. The SMILES string of the molecule is CCS(=O)(=O)N1Cc2ccccc2C[C@@H]1C(=O)Oc1ccc(-c2ccc(C)cc2)cc1C. The van der Waals surface area contributed by atoms with E-state index in [0.717, 1.165) is 27.8 Å². The first-order valence-electron chi connectivity index (χ1n) is 10.7. The lowest BCUT2D eigenvalue weighted by atomic mass is 9.96. The molecule has 0 aliphatic carbocycles. The zero-order valence-electron chi connectivity index (χ0n) is 18.5. The molecule has 0 aromatic heterocycles. The van der Waals surface area contributed by atoms with Crippen molar-refractivity contribution in [3.63, 3.8) is 0 Å². The molecule has 5 nitrogen and oxygen atoms in total. The van der Waals surface area contributed by atoms with Gasteiger partial charge < -0.3 is 4.74 Å². The monoisotopic (exact) mass is 449 g/mol. The maximum absolute atomic E-state index is 13.2. The number of ether oxygens (including phenoxy) is 1. The summed E-state index contributed by atoms with van der Waals surface area (Å²) in [5, 5.41) is 0. The quantitative estimate of drug-likeness (QED) is 0.420. The first kappa shape index (κ1) is 22.2. The minimum atomic E-state index is -3.57. The smallest absolute Gasteiger partial charge is 0.330 e. The average Bonchev–Trinajstić information content (AvgIpc) is 2.80. The molecule has 1 aliphatic rings. The van der Waals surface area contributed by atoms with Gasteiger partial charge in [0.2, 0.25) is 10.0 Å². The molecule has 166 valence electrons. The van der Waals surface area contributed by atoms with Crippen LogP contribution in [0.25, 0.3) is 11.1 Å². The molecule has 0 spiro atoms. The molecule has 0 saturated heterocycles. The molecule has 1 atom stereocenters. The van der Waals surface area contributed by atoms with E-state index in [1.165, 1.54) is 9.87 Å². The van der Waals surface area contributed by atoms with Gasteiger partial charge in [-0.05, 0) is 60.7 Å². The fourth-order valence-electron chi connectivity index (χ4n) is 4.02. The van der Waals surface area contributed by atoms with Gasteiger partial charge in [-0.15, -0.1) is 0 Å². The van der Waals surface area contributed by atoms with Crippen LogP contribution in [0.3, 0.4) is 0 Å². The lowest BCUT2D eigenvalue weighted by Gasteiger charge is -2.34. The summed E-state index contributed by atoms with van der Waals surface area (Å²) in [6, 6.07) is 20.6. The molecule has 1 aliphatic heterocycles. The number of rotatable bonds is 5. The third-order valence-corrected chi connectivity index (χ3v) is 7.80. The Balaban J connectivity index is 1.60. The molecule has 32 heavy (non-hydrogen) atoms. The molecule has 0 bridgehead atoms. The Kier molecular flexibility index (Phi) is 6.17. The van der Waals surface area contributed by atoms with E-state index in [-0.39, 0.29) is 12.3 Å². The molecule has 1 heterocycles. The van der Waals surface area contributed by atoms with Crippen LogP contribution in [0.5, 0.6) is 5.75 Å². The molecule has 0 fully saturated rings. The van der Waals surface area contributed by atoms with Crippen LogP contribution in [0, 0.1) is 13.8 Å². The number of aryl methyl sites for hydroxylation is 2. The lowest BCUT2D eigenvalue weighted by Crippen LogP contribution is -2.50. The second kappa shape index (κ2) is 8.88. The second-order valence-corrected chi connectivity index (χ2v) is 10.4. The summed E-state index contributed by atoms with van der Waals surface area (Å²) < 4.78 is 32.5. The highest BCUT2D eigenvalue weighted by Crippen LogP contribution is 2.30. The first-order chi connectivity index (χ1) is 15.3. The van der Waals surface area contributed by atoms with Crippen molar-refractivity contribution in [1.82, 2.24) is 4.31 Å².